The van der Waals surface area contributed by atoms with E-state index in [1.807, 2.05) is 6.92 Å². The number of hydrogen-bond donors (Lipinski definition) is 0. The average Bonchev–Trinajstić information content (AvgIpc) is 2.97. The predicted octanol–water partition coefficient (Wildman–Crippen LogP) is 4.10. The molecule has 112 valence electrons. The molecule has 5 nitrogen and oxygen atoms in total. The number of hydrogen-bond acceptors (Lipinski definition) is 6. The Morgan fingerprint density at radius 1 is 1.27 bits per heavy atom. The number of aromatic nitrogens is 4. The Balaban J connectivity index is 2.01. The molecule has 3 rings (SSSR count). The predicted molar refractivity (Wildman–Crippen MR) is 82.1 cm³/mol. The lowest BCUT2D eigenvalue weighted by atomic mass is 10.2. The third-order valence-corrected chi connectivity index (χ3v) is 3.84. The maximum absolute atomic E-state index is 13.9. The molecule has 22 heavy (non-hydrogen) atoms. The third-order valence-electron chi connectivity index (χ3n) is 2.75. The van der Waals surface area contributed by atoms with Crippen LogP contribution in [0.4, 0.5) is 4.39 Å². The molecular formula is C14H10ClFN4OS. The van der Waals surface area contributed by atoms with Crippen LogP contribution in [-0.2, 0) is 0 Å². The van der Waals surface area contributed by atoms with E-state index in [1.165, 1.54) is 23.9 Å². The fourth-order valence-electron chi connectivity index (χ4n) is 1.81. The van der Waals surface area contributed by atoms with E-state index in [0.717, 1.165) is 5.75 Å². The van der Waals surface area contributed by atoms with Gasteiger partial charge >= 0.3 is 0 Å². The van der Waals surface area contributed by atoms with Crippen LogP contribution in [-0.4, -0.2) is 25.9 Å². The van der Waals surface area contributed by atoms with Crippen LogP contribution in [0.3, 0.4) is 0 Å². The summed E-state index contributed by atoms with van der Waals surface area (Å²) in [6.07, 6.45) is 3.14. The molecular weight excluding hydrogens is 327 g/mol. The van der Waals surface area contributed by atoms with Crippen LogP contribution >= 0.6 is 23.4 Å². The minimum Gasteiger partial charge on any atom is -0.332 e. The van der Waals surface area contributed by atoms with Gasteiger partial charge in [0.2, 0.25) is 5.82 Å². The molecule has 8 heteroatoms. The van der Waals surface area contributed by atoms with Crippen LogP contribution in [0.2, 0.25) is 5.02 Å². The van der Waals surface area contributed by atoms with E-state index in [0.29, 0.717) is 15.7 Å². The van der Waals surface area contributed by atoms with Crippen molar-refractivity contribution in [1.82, 2.24) is 20.1 Å². The Morgan fingerprint density at radius 3 is 2.86 bits per heavy atom. The molecule has 0 radical (unpaired) electrons. The molecule has 0 saturated carbocycles. The first kappa shape index (κ1) is 14.9. The first-order chi connectivity index (χ1) is 10.7. The molecule has 0 aliphatic heterocycles. The minimum absolute atomic E-state index is 0.141. The van der Waals surface area contributed by atoms with Gasteiger partial charge < -0.3 is 4.52 Å². The van der Waals surface area contributed by atoms with E-state index >= 15 is 0 Å². The Bertz CT molecular complexity index is 811. The van der Waals surface area contributed by atoms with Crippen molar-refractivity contribution in [3.05, 3.63) is 41.4 Å². The molecule has 1 aromatic carbocycles. The number of thioether (sulfide) groups is 1. The van der Waals surface area contributed by atoms with E-state index < -0.39 is 5.82 Å². The van der Waals surface area contributed by atoms with E-state index in [9.17, 15) is 4.39 Å². The molecule has 0 fully saturated rings. The monoisotopic (exact) mass is 336 g/mol. The lowest BCUT2D eigenvalue weighted by molar-refractivity contribution is 0.429. The van der Waals surface area contributed by atoms with Crippen LogP contribution in [0, 0.1) is 5.82 Å². The van der Waals surface area contributed by atoms with E-state index in [4.69, 9.17) is 16.1 Å². The molecule has 2 heterocycles. The molecule has 0 aliphatic rings. The van der Waals surface area contributed by atoms with Gasteiger partial charge in [-0.2, -0.15) is 4.98 Å². The van der Waals surface area contributed by atoms with E-state index in [1.54, 1.807) is 18.5 Å². The van der Waals surface area contributed by atoms with Crippen molar-refractivity contribution in [1.29, 1.82) is 0 Å². The molecule has 3 aromatic rings. The summed E-state index contributed by atoms with van der Waals surface area (Å²) in [5.41, 5.74) is 0.704. The van der Waals surface area contributed by atoms with Crippen molar-refractivity contribution >= 4 is 23.4 Å². The number of nitrogens with zero attached hydrogens (tertiary/aromatic N) is 4. The second kappa shape index (κ2) is 6.41. The molecule has 0 amide bonds. The maximum Gasteiger partial charge on any atom is 0.279 e. The minimum atomic E-state index is -0.512. The summed E-state index contributed by atoms with van der Waals surface area (Å²) in [5, 5.41) is 4.81. The summed E-state index contributed by atoms with van der Waals surface area (Å²) in [7, 11) is 0. The van der Waals surface area contributed by atoms with E-state index in [2.05, 4.69) is 20.1 Å². The largest absolute Gasteiger partial charge is 0.332 e. The van der Waals surface area contributed by atoms with Gasteiger partial charge in [0.05, 0.1) is 5.56 Å². The Hall–Kier alpha value is -1.99. The summed E-state index contributed by atoms with van der Waals surface area (Å²) in [4.78, 5) is 12.7. The zero-order valence-corrected chi connectivity index (χ0v) is 13.0. The normalized spacial score (nSPS) is 10.9. The van der Waals surface area contributed by atoms with Crippen LogP contribution < -0.4 is 0 Å². The van der Waals surface area contributed by atoms with Crippen LogP contribution in [0.1, 0.15) is 6.92 Å². The van der Waals surface area contributed by atoms with Crippen molar-refractivity contribution in [2.75, 3.05) is 5.75 Å². The Kier molecular flexibility index (Phi) is 4.35. The zero-order valence-electron chi connectivity index (χ0n) is 11.5. The van der Waals surface area contributed by atoms with Gasteiger partial charge in [0.25, 0.3) is 5.89 Å². The van der Waals surface area contributed by atoms with Crippen molar-refractivity contribution in [2.24, 2.45) is 0 Å². The highest BCUT2D eigenvalue weighted by Gasteiger charge is 2.18. The van der Waals surface area contributed by atoms with Crippen LogP contribution in [0.25, 0.3) is 23.0 Å². The molecule has 0 spiro atoms. The zero-order chi connectivity index (χ0) is 15.5. The van der Waals surface area contributed by atoms with Crippen molar-refractivity contribution in [2.45, 2.75) is 11.9 Å². The quantitative estimate of drug-likeness (QED) is 0.668. The fourth-order valence-corrected chi connectivity index (χ4v) is 2.66. The second-order valence-corrected chi connectivity index (χ2v) is 5.88. The number of halogens is 2. The molecule has 0 N–H and O–H groups in total. The van der Waals surface area contributed by atoms with Crippen LogP contribution in [0.15, 0.2) is 40.1 Å². The summed E-state index contributed by atoms with van der Waals surface area (Å²) in [5.74, 6) is 0.663. The molecule has 0 aliphatic carbocycles. The van der Waals surface area contributed by atoms with E-state index in [-0.39, 0.29) is 17.3 Å². The van der Waals surface area contributed by atoms with Gasteiger partial charge in [-0.3, -0.25) is 0 Å². The van der Waals surface area contributed by atoms with Gasteiger partial charge in [0.15, 0.2) is 5.69 Å². The Labute approximate surface area is 134 Å². The summed E-state index contributed by atoms with van der Waals surface area (Å²) >= 11 is 7.25. The SMILES string of the molecule is CCSc1nccnc1-c1nc(-c2ccc(Cl)cc2F)no1. The van der Waals surface area contributed by atoms with Gasteiger partial charge in [-0.25, -0.2) is 14.4 Å². The average molecular weight is 337 g/mol. The highest BCUT2D eigenvalue weighted by molar-refractivity contribution is 7.99. The highest BCUT2D eigenvalue weighted by Crippen LogP contribution is 2.29. The fraction of sp³-hybridized carbons (Fsp3) is 0.143. The molecule has 0 atom stereocenters. The second-order valence-electron chi connectivity index (χ2n) is 4.19. The van der Waals surface area contributed by atoms with Crippen molar-refractivity contribution in [3.8, 4) is 23.0 Å². The van der Waals surface area contributed by atoms with Gasteiger partial charge in [0, 0.05) is 17.4 Å². The summed E-state index contributed by atoms with van der Waals surface area (Å²) in [6, 6.07) is 4.27. The van der Waals surface area contributed by atoms with Gasteiger partial charge in [-0.15, -0.1) is 11.8 Å². The van der Waals surface area contributed by atoms with Crippen LogP contribution in [0.5, 0.6) is 0 Å². The number of rotatable bonds is 4. The highest BCUT2D eigenvalue weighted by atomic mass is 35.5. The van der Waals surface area contributed by atoms with Gasteiger partial charge in [-0.05, 0) is 24.0 Å². The Morgan fingerprint density at radius 2 is 2.09 bits per heavy atom. The molecule has 2 aromatic heterocycles. The lowest BCUT2D eigenvalue weighted by Gasteiger charge is -2.00. The smallest absolute Gasteiger partial charge is 0.279 e. The third kappa shape index (κ3) is 2.95. The first-order valence-corrected chi connectivity index (χ1v) is 7.78. The summed E-state index contributed by atoms with van der Waals surface area (Å²) in [6.45, 7) is 2.01. The van der Waals surface area contributed by atoms with Crippen molar-refractivity contribution < 1.29 is 8.91 Å². The first-order valence-electron chi connectivity index (χ1n) is 6.42. The van der Waals surface area contributed by atoms with Crippen molar-refractivity contribution in [3.63, 3.8) is 0 Å². The molecule has 0 saturated heterocycles. The van der Waals surface area contributed by atoms with Gasteiger partial charge in [-0.1, -0.05) is 23.7 Å². The maximum atomic E-state index is 13.9. The standard InChI is InChI=1S/C14H10ClFN4OS/c1-2-22-14-11(17-5-6-18-14)13-19-12(20-21-13)9-4-3-8(15)7-10(9)16/h3-7H,2H2,1H3. The molecule has 0 unspecified atom stereocenters. The number of benzene rings is 1. The lowest BCUT2D eigenvalue weighted by Crippen LogP contribution is -1.91. The topological polar surface area (TPSA) is 64.7 Å². The van der Waals surface area contributed by atoms with Gasteiger partial charge in [0.1, 0.15) is 10.8 Å². The summed E-state index contributed by atoms with van der Waals surface area (Å²) < 4.78 is 19.1. The molecule has 0 bridgehead atoms.